The van der Waals surface area contributed by atoms with E-state index in [1.54, 1.807) is 18.4 Å². The van der Waals surface area contributed by atoms with E-state index in [0.29, 0.717) is 17.9 Å². The molecule has 0 unspecified atom stereocenters. The summed E-state index contributed by atoms with van der Waals surface area (Å²) in [5.41, 5.74) is 1.18. The SMILES string of the molecule is COc1ccccc1[C@H]1C[C@H]1C(=O)N(Cc1cccs1)C1CC1. The van der Waals surface area contributed by atoms with Gasteiger partial charge in [0.25, 0.3) is 0 Å². The number of benzene rings is 1. The molecule has 23 heavy (non-hydrogen) atoms. The predicted molar refractivity (Wildman–Crippen MR) is 91.7 cm³/mol. The quantitative estimate of drug-likeness (QED) is 0.801. The zero-order chi connectivity index (χ0) is 15.8. The molecular formula is C19H21NO2S. The van der Waals surface area contributed by atoms with Gasteiger partial charge in [-0.1, -0.05) is 24.3 Å². The summed E-state index contributed by atoms with van der Waals surface area (Å²) in [5, 5.41) is 2.08. The summed E-state index contributed by atoms with van der Waals surface area (Å²) in [7, 11) is 1.70. The molecule has 2 aliphatic rings. The van der Waals surface area contributed by atoms with E-state index in [1.807, 2.05) is 18.2 Å². The number of hydrogen-bond acceptors (Lipinski definition) is 3. The smallest absolute Gasteiger partial charge is 0.226 e. The Kier molecular flexibility index (Phi) is 3.85. The zero-order valence-corrected chi connectivity index (χ0v) is 14.1. The summed E-state index contributed by atoms with van der Waals surface area (Å²) in [6, 6.07) is 12.7. The largest absolute Gasteiger partial charge is 0.496 e. The second-order valence-electron chi connectivity index (χ2n) is 6.47. The highest BCUT2D eigenvalue weighted by molar-refractivity contribution is 7.09. The first-order valence-corrected chi connectivity index (χ1v) is 9.11. The highest BCUT2D eigenvalue weighted by atomic mass is 32.1. The van der Waals surface area contributed by atoms with Crippen LogP contribution in [0.4, 0.5) is 0 Å². The first-order chi connectivity index (χ1) is 11.3. The number of thiophene rings is 1. The molecule has 0 radical (unpaired) electrons. The summed E-state index contributed by atoms with van der Waals surface area (Å²) >= 11 is 1.74. The normalized spacial score (nSPS) is 22.7. The van der Waals surface area contributed by atoms with E-state index in [2.05, 4.69) is 28.5 Å². The van der Waals surface area contributed by atoms with Crippen LogP contribution in [0.3, 0.4) is 0 Å². The first-order valence-electron chi connectivity index (χ1n) is 8.23. The van der Waals surface area contributed by atoms with Crippen LogP contribution in [0, 0.1) is 5.92 Å². The van der Waals surface area contributed by atoms with E-state index in [-0.39, 0.29) is 5.92 Å². The highest BCUT2D eigenvalue weighted by Crippen LogP contribution is 2.52. The zero-order valence-electron chi connectivity index (χ0n) is 13.3. The minimum atomic E-state index is 0.131. The van der Waals surface area contributed by atoms with Crippen molar-refractivity contribution in [2.45, 2.75) is 37.8 Å². The average molecular weight is 327 g/mol. The molecule has 4 rings (SSSR count). The van der Waals surface area contributed by atoms with E-state index < -0.39 is 0 Å². The van der Waals surface area contributed by atoms with Gasteiger partial charge in [-0.3, -0.25) is 4.79 Å². The van der Waals surface area contributed by atoms with Crippen LogP contribution in [-0.2, 0) is 11.3 Å². The van der Waals surface area contributed by atoms with Crippen molar-refractivity contribution in [3.8, 4) is 5.75 Å². The molecule has 2 aliphatic carbocycles. The number of methoxy groups -OCH3 is 1. The van der Waals surface area contributed by atoms with Crippen LogP contribution in [0.2, 0.25) is 0 Å². The standard InChI is InChI=1S/C19H21NO2S/c1-22-18-7-3-2-6-15(18)16-11-17(16)19(21)20(13-8-9-13)12-14-5-4-10-23-14/h2-7,10,13,16-17H,8-9,11-12H2,1H3/t16-,17-/m1/s1. The van der Waals surface area contributed by atoms with Gasteiger partial charge in [-0.2, -0.15) is 0 Å². The molecule has 0 bridgehead atoms. The van der Waals surface area contributed by atoms with Crippen LogP contribution in [0.15, 0.2) is 41.8 Å². The molecule has 1 amide bonds. The maximum Gasteiger partial charge on any atom is 0.226 e. The van der Waals surface area contributed by atoms with Crippen LogP contribution in [0.5, 0.6) is 5.75 Å². The maximum absolute atomic E-state index is 13.0. The fourth-order valence-electron chi connectivity index (χ4n) is 3.34. The third-order valence-electron chi connectivity index (χ3n) is 4.82. The summed E-state index contributed by atoms with van der Waals surface area (Å²) in [6.45, 7) is 0.774. The molecule has 0 N–H and O–H groups in total. The molecule has 2 atom stereocenters. The Morgan fingerprint density at radius 1 is 1.26 bits per heavy atom. The van der Waals surface area contributed by atoms with E-state index >= 15 is 0 Å². The van der Waals surface area contributed by atoms with Gasteiger partial charge < -0.3 is 9.64 Å². The fraction of sp³-hybridized carbons (Fsp3) is 0.421. The number of carbonyl (C=O) groups excluding carboxylic acids is 1. The van der Waals surface area contributed by atoms with E-state index in [4.69, 9.17) is 4.74 Å². The van der Waals surface area contributed by atoms with Gasteiger partial charge in [0, 0.05) is 16.8 Å². The summed E-state index contributed by atoms with van der Waals surface area (Å²) in [6.07, 6.45) is 3.26. The van der Waals surface area contributed by atoms with Crippen molar-refractivity contribution in [2.75, 3.05) is 7.11 Å². The number of nitrogens with zero attached hydrogens (tertiary/aromatic N) is 1. The number of ether oxygens (including phenoxy) is 1. The van der Waals surface area contributed by atoms with Crippen LogP contribution >= 0.6 is 11.3 Å². The van der Waals surface area contributed by atoms with E-state index in [9.17, 15) is 4.79 Å². The summed E-state index contributed by atoms with van der Waals surface area (Å²) in [5.74, 6) is 1.69. The van der Waals surface area contributed by atoms with Crippen molar-refractivity contribution in [2.24, 2.45) is 5.92 Å². The monoisotopic (exact) mass is 327 g/mol. The molecule has 1 aromatic heterocycles. The molecule has 2 aromatic rings. The van der Waals surface area contributed by atoms with Crippen molar-refractivity contribution < 1.29 is 9.53 Å². The second-order valence-corrected chi connectivity index (χ2v) is 7.50. The third-order valence-corrected chi connectivity index (χ3v) is 5.68. The molecule has 2 saturated carbocycles. The predicted octanol–water partition coefficient (Wildman–Crippen LogP) is 4.05. The first kappa shape index (κ1) is 14.8. The molecule has 1 heterocycles. The van der Waals surface area contributed by atoms with E-state index in [1.165, 1.54) is 10.4 Å². The maximum atomic E-state index is 13.0. The lowest BCUT2D eigenvalue weighted by Crippen LogP contribution is -2.33. The Labute approximate surface area is 140 Å². The van der Waals surface area contributed by atoms with Gasteiger partial charge in [-0.05, 0) is 48.3 Å². The van der Waals surface area contributed by atoms with Crippen LogP contribution < -0.4 is 4.74 Å². The van der Waals surface area contributed by atoms with Crippen LogP contribution in [0.25, 0.3) is 0 Å². The van der Waals surface area contributed by atoms with Crippen LogP contribution in [-0.4, -0.2) is 24.0 Å². The van der Waals surface area contributed by atoms with Gasteiger partial charge in [-0.25, -0.2) is 0 Å². The van der Waals surface area contributed by atoms with Gasteiger partial charge in [0.1, 0.15) is 5.75 Å². The molecule has 0 saturated heterocycles. The Hall–Kier alpha value is -1.81. The minimum absolute atomic E-state index is 0.131. The van der Waals surface area contributed by atoms with E-state index in [0.717, 1.165) is 31.6 Å². The topological polar surface area (TPSA) is 29.5 Å². The minimum Gasteiger partial charge on any atom is -0.496 e. The Bertz CT molecular complexity index is 693. The Morgan fingerprint density at radius 3 is 2.78 bits per heavy atom. The Morgan fingerprint density at radius 2 is 2.09 bits per heavy atom. The third kappa shape index (κ3) is 3.00. The number of carbonyl (C=O) groups is 1. The number of rotatable bonds is 6. The molecule has 3 nitrogen and oxygen atoms in total. The van der Waals surface area contributed by atoms with Crippen LogP contribution in [0.1, 0.15) is 35.6 Å². The second kappa shape index (κ2) is 6.00. The van der Waals surface area contributed by atoms with Crippen molar-refractivity contribution >= 4 is 17.2 Å². The van der Waals surface area contributed by atoms with Crippen molar-refractivity contribution in [3.05, 3.63) is 52.2 Å². The van der Waals surface area contributed by atoms with Gasteiger partial charge >= 0.3 is 0 Å². The number of amides is 1. The number of hydrogen-bond donors (Lipinski definition) is 0. The summed E-state index contributed by atoms with van der Waals surface area (Å²) < 4.78 is 5.46. The summed E-state index contributed by atoms with van der Waals surface area (Å²) in [4.78, 5) is 16.4. The van der Waals surface area contributed by atoms with Crippen molar-refractivity contribution in [1.29, 1.82) is 0 Å². The average Bonchev–Trinajstić information content (AvgIpc) is 3.50. The Balaban J connectivity index is 1.48. The molecule has 2 fully saturated rings. The molecule has 0 spiro atoms. The lowest BCUT2D eigenvalue weighted by molar-refractivity contribution is -0.133. The molecule has 0 aliphatic heterocycles. The molecule has 1 aromatic carbocycles. The van der Waals surface area contributed by atoms with Gasteiger partial charge in [0.2, 0.25) is 5.91 Å². The molecule has 4 heteroatoms. The number of para-hydroxylation sites is 1. The lowest BCUT2D eigenvalue weighted by Gasteiger charge is -2.22. The van der Waals surface area contributed by atoms with Gasteiger partial charge in [0.15, 0.2) is 0 Å². The van der Waals surface area contributed by atoms with Gasteiger partial charge in [0.05, 0.1) is 13.7 Å². The van der Waals surface area contributed by atoms with Crippen molar-refractivity contribution in [3.63, 3.8) is 0 Å². The fourth-order valence-corrected chi connectivity index (χ4v) is 4.04. The van der Waals surface area contributed by atoms with Crippen molar-refractivity contribution in [1.82, 2.24) is 4.90 Å². The lowest BCUT2D eigenvalue weighted by atomic mass is 10.1. The van der Waals surface area contributed by atoms with Gasteiger partial charge in [-0.15, -0.1) is 11.3 Å². The molecule has 120 valence electrons. The molecular weight excluding hydrogens is 306 g/mol. The highest BCUT2D eigenvalue weighted by Gasteiger charge is 2.49.